The molecule has 0 saturated heterocycles. The summed E-state index contributed by atoms with van der Waals surface area (Å²) in [6.07, 6.45) is 6.83. The van der Waals surface area contributed by atoms with Crippen molar-refractivity contribution < 1.29 is 19.3 Å². The van der Waals surface area contributed by atoms with Crippen molar-refractivity contribution in [3.05, 3.63) is 56.5 Å². The first kappa shape index (κ1) is 20.8. The van der Waals surface area contributed by atoms with Gasteiger partial charge in [0.1, 0.15) is 12.0 Å². The van der Waals surface area contributed by atoms with E-state index in [-0.39, 0.29) is 41.0 Å². The van der Waals surface area contributed by atoms with Gasteiger partial charge in [0.15, 0.2) is 5.43 Å². The van der Waals surface area contributed by atoms with Gasteiger partial charge in [-0.3, -0.25) is 4.79 Å². The number of ether oxygens (including phenoxy) is 3. The molecule has 0 radical (unpaired) electrons. The van der Waals surface area contributed by atoms with Crippen LogP contribution in [0.4, 0.5) is 0 Å². The first-order valence-corrected chi connectivity index (χ1v) is 9.41. The number of methoxy groups -OCH3 is 1. The molecule has 2 aromatic rings. The van der Waals surface area contributed by atoms with Crippen molar-refractivity contribution in [2.75, 3.05) is 33.5 Å². The van der Waals surface area contributed by atoms with Gasteiger partial charge in [-0.2, -0.15) is 0 Å². The average Bonchev–Trinajstić information content (AvgIpc) is 3.11. The van der Waals surface area contributed by atoms with Crippen molar-refractivity contribution in [3.63, 3.8) is 0 Å². The van der Waals surface area contributed by atoms with E-state index < -0.39 is 0 Å². The van der Waals surface area contributed by atoms with Crippen molar-refractivity contribution >= 4 is 34.1 Å². The average molecular weight is 427 g/mol. The van der Waals surface area contributed by atoms with Gasteiger partial charge >= 0.3 is 0 Å². The normalized spacial score (nSPS) is 16.0. The van der Waals surface area contributed by atoms with E-state index in [0.717, 1.165) is 0 Å². The molecule has 2 heterocycles. The topological polar surface area (TPSA) is 82.8 Å². The van der Waals surface area contributed by atoms with Crippen LogP contribution in [0.3, 0.4) is 0 Å². The van der Waals surface area contributed by atoms with E-state index in [2.05, 4.69) is 4.98 Å². The molecule has 1 aliphatic rings. The van der Waals surface area contributed by atoms with E-state index >= 15 is 0 Å². The predicted octanol–water partition coefficient (Wildman–Crippen LogP) is 2.82. The highest BCUT2D eigenvalue weighted by molar-refractivity contribution is 6.35. The molecule has 28 heavy (non-hydrogen) atoms. The molecule has 1 unspecified atom stereocenters. The van der Waals surface area contributed by atoms with Gasteiger partial charge in [-0.05, 0) is 6.08 Å². The van der Waals surface area contributed by atoms with E-state index in [9.17, 15) is 9.90 Å². The molecule has 1 atom stereocenters. The third-order valence-corrected chi connectivity index (χ3v) is 4.86. The molecule has 0 fully saturated rings. The third-order valence-electron chi connectivity index (χ3n) is 4.24. The number of aromatic nitrogens is 2. The number of fused-ring (bicyclic) bond motifs is 1. The summed E-state index contributed by atoms with van der Waals surface area (Å²) in [6.45, 7) is 1.11. The Morgan fingerprint density at radius 1 is 1.25 bits per heavy atom. The Labute approximate surface area is 171 Å². The molecule has 0 spiro atoms. The van der Waals surface area contributed by atoms with Crippen LogP contribution in [0, 0.1) is 0 Å². The van der Waals surface area contributed by atoms with Crippen LogP contribution in [0.1, 0.15) is 11.7 Å². The molecule has 0 amide bonds. The van der Waals surface area contributed by atoms with E-state index in [0.29, 0.717) is 36.1 Å². The standard InChI is InChI=1S/C19H20Cl2N2O5/c1-26-5-6-27-7-8-28-19-17-16(25)9-12(11-24)23(15-4-2-3-13(15)20)18(17)14(21)10-22-19/h2-4,9-10,15,24H,5-8,11H2,1H3. The summed E-state index contributed by atoms with van der Waals surface area (Å²) in [7, 11) is 1.59. The maximum Gasteiger partial charge on any atom is 0.227 e. The zero-order chi connectivity index (χ0) is 20.1. The fourth-order valence-electron chi connectivity index (χ4n) is 3.00. The first-order valence-electron chi connectivity index (χ1n) is 8.65. The van der Waals surface area contributed by atoms with E-state index in [1.165, 1.54) is 12.3 Å². The second-order valence-corrected chi connectivity index (χ2v) is 6.84. The summed E-state index contributed by atoms with van der Waals surface area (Å²) < 4.78 is 17.7. The maximum absolute atomic E-state index is 12.7. The minimum atomic E-state index is -0.378. The monoisotopic (exact) mass is 426 g/mol. The lowest BCUT2D eigenvalue weighted by molar-refractivity contribution is 0.0539. The van der Waals surface area contributed by atoms with Crippen LogP contribution in [0.5, 0.6) is 5.88 Å². The SMILES string of the molecule is COCCOCCOc1ncc(Cl)c2c1c(=O)cc(CO)n2C1C=CC=C1Cl. The Hall–Kier alpha value is -1.90. The lowest BCUT2D eigenvalue weighted by atomic mass is 10.1. The highest BCUT2D eigenvalue weighted by Crippen LogP contribution is 2.36. The molecule has 0 aromatic carbocycles. The molecule has 0 saturated carbocycles. The van der Waals surface area contributed by atoms with Gasteiger partial charge in [-0.25, -0.2) is 4.98 Å². The third kappa shape index (κ3) is 4.24. The van der Waals surface area contributed by atoms with E-state index in [1.54, 1.807) is 17.8 Å². The number of hydrogen-bond donors (Lipinski definition) is 1. The molecule has 3 rings (SSSR count). The minimum Gasteiger partial charge on any atom is -0.475 e. The Morgan fingerprint density at radius 3 is 2.71 bits per heavy atom. The number of aliphatic hydroxyl groups is 1. The molecule has 1 N–H and O–H groups in total. The van der Waals surface area contributed by atoms with Crippen molar-refractivity contribution in [2.45, 2.75) is 12.6 Å². The van der Waals surface area contributed by atoms with Crippen LogP contribution in [0.25, 0.3) is 10.9 Å². The van der Waals surface area contributed by atoms with Crippen molar-refractivity contribution in [2.24, 2.45) is 0 Å². The van der Waals surface area contributed by atoms with Gasteiger partial charge in [-0.1, -0.05) is 35.4 Å². The maximum atomic E-state index is 12.7. The van der Waals surface area contributed by atoms with Crippen LogP contribution >= 0.6 is 23.2 Å². The number of aliphatic hydroxyl groups excluding tert-OH is 1. The Balaban J connectivity index is 2.02. The first-order chi connectivity index (χ1) is 13.6. The highest BCUT2D eigenvalue weighted by Gasteiger charge is 2.24. The van der Waals surface area contributed by atoms with E-state index in [4.69, 9.17) is 37.4 Å². The minimum absolute atomic E-state index is 0.153. The van der Waals surface area contributed by atoms with Crippen LogP contribution in [0.2, 0.25) is 5.02 Å². The van der Waals surface area contributed by atoms with Gasteiger partial charge in [0, 0.05) is 23.9 Å². The van der Waals surface area contributed by atoms with E-state index in [1.807, 2.05) is 12.2 Å². The lowest BCUT2D eigenvalue weighted by Crippen LogP contribution is -2.20. The Bertz CT molecular complexity index is 971. The number of hydrogen-bond acceptors (Lipinski definition) is 6. The molecular weight excluding hydrogens is 407 g/mol. The predicted molar refractivity (Wildman–Crippen MR) is 107 cm³/mol. The molecule has 9 heteroatoms. The smallest absolute Gasteiger partial charge is 0.227 e. The lowest BCUT2D eigenvalue weighted by Gasteiger charge is -2.22. The summed E-state index contributed by atoms with van der Waals surface area (Å²) >= 11 is 12.7. The number of pyridine rings is 2. The molecule has 0 bridgehead atoms. The quantitative estimate of drug-likeness (QED) is 0.620. The van der Waals surface area contributed by atoms with Gasteiger partial charge in [-0.15, -0.1) is 0 Å². The fourth-order valence-corrected chi connectivity index (χ4v) is 3.48. The highest BCUT2D eigenvalue weighted by atomic mass is 35.5. The number of nitrogens with zero attached hydrogens (tertiary/aromatic N) is 2. The van der Waals surface area contributed by atoms with Gasteiger partial charge in [0.2, 0.25) is 5.88 Å². The second-order valence-electron chi connectivity index (χ2n) is 6.00. The summed E-state index contributed by atoms with van der Waals surface area (Å²) in [6, 6.07) is 0.968. The van der Waals surface area contributed by atoms with Gasteiger partial charge < -0.3 is 23.9 Å². The van der Waals surface area contributed by atoms with Crippen LogP contribution < -0.4 is 10.2 Å². The van der Waals surface area contributed by atoms with Crippen molar-refractivity contribution in [1.82, 2.24) is 9.55 Å². The Kier molecular flexibility index (Phi) is 7.09. The van der Waals surface area contributed by atoms with Gasteiger partial charge in [0.05, 0.1) is 49.2 Å². The summed E-state index contributed by atoms with van der Waals surface area (Å²) in [5.74, 6) is 0.153. The Morgan fingerprint density at radius 2 is 2.04 bits per heavy atom. The molecule has 0 aliphatic heterocycles. The molecule has 1 aliphatic carbocycles. The number of rotatable bonds is 9. The molecule has 150 valence electrons. The number of allylic oxidation sites excluding steroid dienone is 4. The summed E-state index contributed by atoms with van der Waals surface area (Å²) in [4.78, 5) is 16.9. The van der Waals surface area contributed by atoms with Crippen LogP contribution in [0.15, 0.2) is 40.3 Å². The molecular formula is C19H20Cl2N2O5. The van der Waals surface area contributed by atoms with Crippen molar-refractivity contribution in [1.29, 1.82) is 0 Å². The largest absolute Gasteiger partial charge is 0.475 e. The summed E-state index contributed by atoms with van der Waals surface area (Å²) in [5, 5.41) is 10.8. The molecule has 7 nitrogen and oxygen atoms in total. The second kappa shape index (κ2) is 9.54. The number of halogens is 2. The van der Waals surface area contributed by atoms with Gasteiger partial charge in [0.25, 0.3) is 0 Å². The van der Waals surface area contributed by atoms with Crippen LogP contribution in [-0.2, 0) is 16.1 Å². The van der Waals surface area contributed by atoms with Crippen LogP contribution in [-0.4, -0.2) is 48.2 Å². The molecule has 2 aromatic heterocycles. The summed E-state index contributed by atoms with van der Waals surface area (Å²) in [5.41, 5.74) is 0.455. The van der Waals surface area contributed by atoms with Crippen molar-refractivity contribution in [3.8, 4) is 5.88 Å². The zero-order valence-electron chi connectivity index (χ0n) is 15.2. The zero-order valence-corrected chi connectivity index (χ0v) is 16.7. The fraction of sp³-hybridized carbons (Fsp3) is 0.368.